The van der Waals surface area contributed by atoms with Gasteiger partial charge in [0.2, 0.25) is 5.91 Å². The van der Waals surface area contributed by atoms with E-state index < -0.39 is 0 Å². The summed E-state index contributed by atoms with van der Waals surface area (Å²) < 4.78 is 0. The van der Waals surface area contributed by atoms with Crippen molar-refractivity contribution in [2.24, 2.45) is 0 Å². The Morgan fingerprint density at radius 3 is 2.43 bits per heavy atom. The van der Waals surface area contributed by atoms with Crippen molar-refractivity contribution >= 4 is 23.4 Å². The molecule has 21 heavy (non-hydrogen) atoms. The van der Waals surface area contributed by atoms with Crippen LogP contribution in [-0.4, -0.2) is 28.6 Å². The van der Waals surface area contributed by atoms with E-state index in [1.54, 1.807) is 11.8 Å². The number of carbonyl (C=O) groups excluding carboxylic acids is 1. The van der Waals surface area contributed by atoms with E-state index in [0.29, 0.717) is 11.8 Å². The number of anilines is 1. The molecule has 2 N–H and O–H groups in total. The minimum Gasteiger partial charge on any atom is -0.399 e. The van der Waals surface area contributed by atoms with Crippen molar-refractivity contribution in [3.8, 4) is 0 Å². The lowest BCUT2D eigenvalue weighted by Crippen LogP contribution is -2.46. The zero-order valence-corrected chi connectivity index (χ0v) is 13.9. The van der Waals surface area contributed by atoms with Gasteiger partial charge in [-0.3, -0.25) is 4.79 Å². The number of carbonyl (C=O) groups is 1. The van der Waals surface area contributed by atoms with Gasteiger partial charge in [-0.25, -0.2) is 0 Å². The predicted octanol–water partition coefficient (Wildman–Crippen LogP) is 3.93. The van der Waals surface area contributed by atoms with Crippen LogP contribution in [0.15, 0.2) is 29.2 Å². The highest BCUT2D eigenvalue weighted by Gasteiger charge is 2.27. The second kappa shape index (κ2) is 7.74. The third-order valence-corrected chi connectivity index (χ3v) is 5.05. The van der Waals surface area contributed by atoms with Gasteiger partial charge >= 0.3 is 0 Å². The number of thioether (sulfide) groups is 1. The Morgan fingerprint density at radius 1 is 1.24 bits per heavy atom. The summed E-state index contributed by atoms with van der Waals surface area (Å²) in [5, 5.41) is 0. The predicted molar refractivity (Wildman–Crippen MR) is 90.4 cm³/mol. The van der Waals surface area contributed by atoms with E-state index in [1.165, 1.54) is 19.3 Å². The maximum absolute atomic E-state index is 12.6. The molecule has 0 atom stereocenters. The van der Waals surface area contributed by atoms with Crippen LogP contribution in [0.2, 0.25) is 0 Å². The number of amides is 1. The van der Waals surface area contributed by atoms with Crippen molar-refractivity contribution in [2.45, 2.75) is 62.9 Å². The summed E-state index contributed by atoms with van der Waals surface area (Å²) in [6.45, 7) is 4.25. The van der Waals surface area contributed by atoms with Crippen LogP contribution < -0.4 is 5.73 Å². The lowest BCUT2D eigenvalue weighted by Gasteiger charge is -2.37. The van der Waals surface area contributed by atoms with E-state index in [9.17, 15) is 4.79 Å². The lowest BCUT2D eigenvalue weighted by molar-refractivity contribution is -0.133. The van der Waals surface area contributed by atoms with Gasteiger partial charge in [0.25, 0.3) is 0 Å². The number of rotatable bonds is 5. The number of nitrogen functional groups attached to an aromatic ring is 1. The summed E-state index contributed by atoms with van der Waals surface area (Å²) in [7, 11) is 0. The molecule has 1 aliphatic rings. The summed E-state index contributed by atoms with van der Waals surface area (Å²) in [6, 6.07) is 8.45. The third kappa shape index (κ3) is 4.67. The second-order valence-electron chi connectivity index (χ2n) is 6.04. The van der Waals surface area contributed by atoms with Crippen LogP contribution in [0.3, 0.4) is 0 Å². The number of hydrogen-bond donors (Lipinski definition) is 1. The van der Waals surface area contributed by atoms with Gasteiger partial charge in [-0.05, 0) is 51.0 Å². The highest BCUT2D eigenvalue weighted by atomic mass is 32.2. The highest BCUT2D eigenvalue weighted by molar-refractivity contribution is 8.00. The largest absolute Gasteiger partial charge is 0.399 e. The Morgan fingerprint density at radius 2 is 1.86 bits per heavy atom. The first-order valence-corrected chi connectivity index (χ1v) is 8.86. The highest BCUT2D eigenvalue weighted by Crippen LogP contribution is 2.26. The molecule has 0 heterocycles. The first-order valence-electron chi connectivity index (χ1n) is 7.87. The van der Waals surface area contributed by atoms with Crippen molar-refractivity contribution in [3.05, 3.63) is 24.3 Å². The molecule has 0 saturated heterocycles. The molecule has 1 aromatic carbocycles. The van der Waals surface area contributed by atoms with E-state index in [4.69, 9.17) is 5.73 Å². The van der Waals surface area contributed by atoms with Crippen LogP contribution in [0, 0.1) is 0 Å². The van der Waals surface area contributed by atoms with E-state index in [2.05, 4.69) is 18.7 Å². The molecule has 1 fully saturated rings. The van der Waals surface area contributed by atoms with Gasteiger partial charge in [-0.2, -0.15) is 0 Å². The summed E-state index contributed by atoms with van der Waals surface area (Å²) in [4.78, 5) is 15.8. The molecule has 0 aliphatic heterocycles. The average molecular weight is 306 g/mol. The van der Waals surface area contributed by atoms with Crippen molar-refractivity contribution in [3.63, 3.8) is 0 Å². The number of benzene rings is 1. The Bertz CT molecular complexity index is 452. The Hall–Kier alpha value is -1.16. The monoisotopic (exact) mass is 306 g/mol. The van der Waals surface area contributed by atoms with E-state index >= 15 is 0 Å². The molecule has 3 nitrogen and oxygen atoms in total. The van der Waals surface area contributed by atoms with Gasteiger partial charge in [0, 0.05) is 22.7 Å². The van der Waals surface area contributed by atoms with Crippen LogP contribution in [0.4, 0.5) is 5.69 Å². The van der Waals surface area contributed by atoms with Gasteiger partial charge < -0.3 is 10.6 Å². The molecular formula is C17H26N2OS. The first kappa shape index (κ1) is 16.2. The lowest BCUT2D eigenvalue weighted by atomic mass is 9.93. The molecular weight excluding hydrogens is 280 g/mol. The van der Waals surface area contributed by atoms with Crippen molar-refractivity contribution in [1.82, 2.24) is 4.90 Å². The molecule has 0 radical (unpaired) electrons. The quantitative estimate of drug-likeness (QED) is 0.662. The zero-order chi connectivity index (χ0) is 15.2. The van der Waals surface area contributed by atoms with E-state index in [-0.39, 0.29) is 11.9 Å². The fourth-order valence-electron chi connectivity index (χ4n) is 3.06. The minimum atomic E-state index is 0.263. The SMILES string of the molecule is CC(C)N(C(=O)CSc1ccc(N)cc1)C1CCCCC1. The molecule has 0 bridgehead atoms. The topological polar surface area (TPSA) is 46.3 Å². The van der Waals surface area contributed by atoms with Gasteiger partial charge in [0.05, 0.1) is 5.75 Å². The summed E-state index contributed by atoms with van der Waals surface area (Å²) in [5.74, 6) is 0.775. The second-order valence-corrected chi connectivity index (χ2v) is 7.09. The average Bonchev–Trinajstić information content (AvgIpc) is 2.47. The van der Waals surface area contributed by atoms with Crippen LogP contribution in [0.25, 0.3) is 0 Å². The van der Waals surface area contributed by atoms with Crippen molar-refractivity contribution in [2.75, 3.05) is 11.5 Å². The molecule has 0 aromatic heterocycles. The maximum atomic E-state index is 12.6. The van der Waals surface area contributed by atoms with E-state index in [0.717, 1.165) is 23.4 Å². The van der Waals surface area contributed by atoms with Gasteiger partial charge in [-0.15, -0.1) is 11.8 Å². The minimum absolute atomic E-state index is 0.263. The smallest absolute Gasteiger partial charge is 0.233 e. The van der Waals surface area contributed by atoms with Crippen LogP contribution in [0.1, 0.15) is 46.0 Å². The van der Waals surface area contributed by atoms with Gasteiger partial charge in [0.1, 0.15) is 0 Å². The van der Waals surface area contributed by atoms with Crippen LogP contribution in [0.5, 0.6) is 0 Å². The molecule has 1 aromatic rings. The fraction of sp³-hybridized carbons (Fsp3) is 0.588. The first-order chi connectivity index (χ1) is 10.1. The van der Waals surface area contributed by atoms with Gasteiger partial charge in [-0.1, -0.05) is 19.3 Å². The Labute approximate surface area is 132 Å². The van der Waals surface area contributed by atoms with Crippen molar-refractivity contribution in [1.29, 1.82) is 0 Å². The maximum Gasteiger partial charge on any atom is 0.233 e. The molecule has 1 amide bonds. The zero-order valence-electron chi connectivity index (χ0n) is 13.0. The number of nitrogens with zero attached hydrogens (tertiary/aromatic N) is 1. The van der Waals surface area contributed by atoms with Crippen LogP contribution >= 0.6 is 11.8 Å². The molecule has 4 heteroatoms. The summed E-state index contributed by atoms with van der Waals surface area (Å²) in [5.41, 5.74) is 6.44. The van der Waals surface area contributed by atoms with E-state index in [1.807, 2.05) is 24.3 Å². The molecule has 0 unspecified atom stereocenters. The molecule has 1 saturated carbocycles. The number of hydrogen-bond acceptors (Lipinski definition) is 3. The number of nitrogens with two attached hydrogens (primary N) is 1. The van der Waals surface area contributed by atoms with Crippen LogP contribution in [-0.2, 0) is 4.79 Å². The third-order valence-electron chi connectivity index (χ3n) is 4.05. The Kier molecular flexibility index (Phi) is 5.97. The van der Waals surface area contributed by atoms with Gasteiger partial charge in [0.15, 0.2) is 0 Å². The summed E-state index contributed by atoms with van der Waals surface area (Å²) in [6.07, 6.45) is 6.16. The summed E-state index contributed by atoms with van der Waals surface area (Å²) >= 11 is 1.60. The normalized spacial score (nSPS) is 16.1. The standard InChI is InChI=1S/C17H26N2OS/c1-13(2)19(15-6-4-3-5-7-15)17(20)12-21-16-10-8-14(18)9-11-16/h8-11,13,15H,3-7,12,18H2,1-2H3. The Balaban J connectivity index is 1.93. The molecule has 116 valence electrons. The molecule has 0 spiro atoms. The fourth-order valence-corrected chi connectivity index (χ4v) is 3.82. The van der Waals surface area contributed by atoms with Crippen molar-refractivity contribution < 1.29 is 4.79 Å². The molecule has 1 aliphatic carbocycles. The molecule has 2 rings (SSSR count).